The first kappa shape index (κ1) is 24.7. The van der Waals surface area contributed by atoms with Gasteiger partial charge in [0.05, 0.1) is 23.0 Å². The number of hydrogen-bond donors (Lipinski definition) is 0. The van der Waals surface area contributed by atoms with Crippen molar-refractivity contribution in [1.82, 2.24) is 4.90 Å². The van der Waals surface area contributed by atoms with Crippen LogP contribution in [0.15, 0.2) is 70.0 Å². The van der Waals surface area contributed by atoms with Crippen molar-refractivity contribution in [2.24, 2.45) is 0 Å². The molecule has 0 N–H and O–H groups in total. The highest BCUT2D eigenvalue weighted by molar-refractivity contribution is 9.10. The summed E-state index contributed by atoms with van der Waals surface area (Å²) < 4.78 is 12.1. The Morgan fingerprint density at radius 1 is 1.06 bits per heavy atom. The zero-order chi connectivity index (χ0) is 24.2. The van der Waals surface area contributed by atoms with E-state index in [0.717, 1.165) is 22.9 Å². The highest BCUT2D eigenvalue weighted by atomic mass is 79.9. The van der Waals surface area contributed by atoms with Gasteiger partial charge in [-0.2, -0.15) is 0 Å². The zero-order valence-corrected chi connectivity index (χ0v) is 21.8. The second-order valence-corrected chi connectivity index (χ2v) is 10.0. The molecule has 0 unspecified atom stereocenters. The van der Waals surface area contributed by atoms with Crippen LogP contribution in [0.2, 0.25) is 10.0 Å². The van der Waals surface area contributed by atoms with Crippen molar-refractivity contribution in [3.8, 4) is 11.5 Å². The Bertz CT molecular complexity index is 1280. The molecule has 1 fully saturated rings. The molecule has 0 bridgehead atoms. The molecule has 3 aromatic rings. The van der Waals surface area contributed by atoms with Crippen LogP contribution < -0.4 is 9.47 Å². The number of carbonyl (C=O) groups excluding carboxylic acids is 2. The topological polar surface area (TPSA) is 55.8 Å². The van der Waals surface area contributed by atoms with Crippen molar-refractivity contribution in [3.63, 3.8) is 0 Å². The Balaban J connectivity index is 1.54. The molecule has 0 radical (unpaired) electrons. The van der Waals surface area contributed by atoms with E-state index < -0.39 is 0 Å². The summed E-state index contributed by atoms with van der Waals surface area (Å²) in [4.78, 5) is 26.9. The minimum atomic E-state index is -0.327. The van der Waals surface area contributed by atoms with Crippen LogP contribution in [-0.2, 0) is 17.9 Å². The molecule has 1 aliphatic heterocycles. The number of carbonyl (C=O) groups is 2. The van der Waals surface area contributed by atoms with Gasteiger partial charge < -0.3 is 9.47 Å². The molecule has 0 spiro atoms. The average molecular weight is 579 g/mol. The van der Waals surface area contributed by atoms with Crippen LogP contribution in [0.3, 0.4) is 0 Å². The zero-order valence-electron chi connectivity index (χ0n) is 17.9. The minimum Gasteiger partial charge on any atom is -0.493 e. The molecule has 174 valence electrons. The number of amides is 2. The van der Waals surface area contributed by atoms with Gasteiger partial charge in [0.25, 0.3) is 11.1 Å². The lowest BCUT2D eigenvalue weighted by molar-refractivity contribution is -0.123. The first-order valence-corrected chi connectivity index (χ1v) is 12.5. The third-order valence-electron chi connectivity index (χ3n) is 4.99. The van der Waals surface area contributed by atoms with Crippen LogP contribution in [0.25, 0.3) is 6.08 Å². The van der Waals surface area contributed by atoms with E-state index in [2.05, 4.69) is 15.9 Å². The SMILES string of the molecule is COc1cc(/C=C2/SC(=O)N(Cc3ccccc3)C2=O)cc(Br)c1OCc1ccc(Cl)cc1Cl. The number of ether oxygens (including phenoxy) is 2. The lowest BCUT2D eigenvalue weighted by Gasteiger charge is -2.14. The van der Waals surface area contributed by atoms with E-state index in [1.807, 2.05) is 30.3 Å². The molecule has 4 rings (SSSR count). The van der Waals surface area contributed by atoms with Crippen molar-refractivity contribution in [2.45, 2.75) is 13.2 Å². The lowest BCUT2D eigenvalue weighted by atomic mass is 10.1. The number of nitrogens with zero attached hydrogens (tertiary/aromatic N) is 1. The Morgan fingerprint density at radius 3 is 2.53 bits per heavy atom. The van der Waals surface area contributed by atoms with Gasteiger partial charge >= 0.3 is 0 Å². The highest BCUT2D eigenvalue weighted by Crippen LogP contribution is 2.40. The molecule has 9 heteroatoms. The molecule has 0 atom stereocenters. The van der Waals surface area contributed by atoms with Crippen molar-refractivity contribution in [3.05, 3.63) is 96.8 Å². The van der Waals surface area contributed by atoms with Crippen LogP contribution in [-0.4, -0.2) is 23.2 Å². The van der Waals surface area contributed by atoms with E-state index in [1.165, 1.54) is 12.0 Å². The van der Waals surface area contributed by atoms with Gasteiger partial charge in [0.2, 0.25) is 0 Å². The molecule has 0 aromatic heterocycles. The van der Waals surface area contributed by atoms with Crippen LogP contribution in [0.5, 0.6) is 11.5 Å². The third-order valence-corrected chi connectivity index (χ3v) is 7.08. The van der Waals surface area contributed by atoms with E-state index in [0.29, 0.717) is 36.5 Å². The quantitative estimate of drug-likeness (QED) is 0.270. The minimum absolute atomic E-state index is 0.211. The Hall–Kier alpha value is -2.45. The van der Waals surface area contributed by atoms with E-state index in [9.17, 15) is 9.59 Å². The maximum absolute atomic E-state index is 12.9. The van der Waals surface area contributed by atoms with Crippen molar-refractivity contribution in [2.75, 3.05) is 7.11 Å². The molecule has 0 saturated carbocycles. The number of methoxy groups -OCH3 is 1. The molecule has 5 nitrogen and oxygen atoms in total. The summed E-state index contributed by atoms with van der Waals surface area (Å²) in [6.45, 7) is 0.443. The number of thioether (sulfide) groups is 1. The molecule has 34 heavy (non-hydrogen) atoms. The van der Waals surface area contributed by atoms with Crippen LogP contribution in [0.4, 0.5) is 4.79 Å². The van der Waals surface area contributed by atoms with E-state index in [-0.39, 0.29) is 24.3 Å². The van der Waals surface area contributed by atoms with Gasteiger partial charge in [-0.1, -0.05) is 59.6 Å². The highest BCUT2D eigenvalue weighted by Gasteiger charge is 2.35. The largest absolute Gasteiger partial charge is 0.493 e. The van der Waals surface area contributed by atoms with Crippen LogP contribution in [0.1, 0.15) is 16.7 Å². The number of imide groups is 1. The molecule has 1 aliphatic rings. The van der Waals surface area contributed by atoms with E-state index in [1.54, 1.807) is 36.4 Å². The lowest BCUT2D eigenvalue weighted by Crippen LogP contribution is -2.27. The molecular weight excluding hydrogens is 561 g/mol. The van der Waals surface area contributed by atoms with Gasteiger partial charge in [-0.3, -0.25) is 14.5 Å². The molecule has 1 heterocycles. The molecular formula is C25H18BrCl2NO4S. The number of hydrogen-bond acceptors (Lipinski definition) is 5. The Labute approximate surface area is 219 Å². The fourth-order valence-corrected chi connectivity index (χ4v) is 5.18. The van der Waals surface area contributed by atoms with Gasteiger partial charge in [-0.25, -0.2) is 0 Å². The number of rotatable bonds is 7. The standard InChI is InChI=1S/C25H18BrCl2NO4S/c1-32-21-10-16(9-19(26)23(21)33-14-17-7-8-18(27)12-20(17)28)11-22-24(30)29(25(31)34-22)13-15-5-3-2-4-6-15/h2-12H,13-14H2,1H3/b22-11+. The van der Waals surface area contributed by atoms with Crippen molar-refractivity contribution < 1.29 is 19.1 Å². The van der Waals surface area contributed by atoms with Gasteiger partial charge in [0.15, 0.2) is 11.5 Å². The summed E-state index contributed by atoms with van der Waals surface area (Å²) in [6.07, 6.45) is 1.67. The Kier molecular flexibility index (Phi) is 7.88. The summed E-state index contributed by atoms with van der Waals surface area (Å²) in [7, 11) is 1.53. The van der Waals surface area contributed by atoms with Gasteiger partial charge in [0, 0.05) is 15.6 Å². The fourth-order valence-electron chi connectivity index (χ4n) is 3.31. The summed E-state index contributed by atoms with van der Waals surface area (Å²) in [5.41, 5.74) is 2.35. The maximum atomic E-state index is 12.9. The second kappa shape index (κ2) is 10.9. The summed E-state index contributed by atoms with van der Waals surface area (Å²) in [5.74, 6) is 0.628. The molecule has 0 aliphatic carbocycles. The van der Waals surface area contributed by atoms with Crippen molar-refractivity contribution >= 4 is 68.1 Å². The number of benzene rings is 3. The average Bonchev–Trinajstić information content (AvgIpc) is 3.07. The number of halogens is 3. The Morgan fingerprint density at radius 2 is 1.82 bits per heavy atom. The third kappa shape index (κ3) is 5.61. The summed E-state index contributed by atoms with van der Waals surface area (Å²) in [6, 6.07) is 18.1. The predicted molar refractivity (Wildman–Crippen MR) is 139 cm³/mol. The first-order valence-electron chi connectivity index (χ1n) is 10.1. The summed E-state index contributed by atoms with van der Waals surface area (Å²) >= 11 is 16.6. The van der Waals surface area contributed by atoms with Crippen LogP contribution >= 0.6 is 50.9 Å². The predicted octanol–water partition coefficient (Wildman–Crippen LogP) is 7.58. The van der Waals surface area contributed by atoms with Crippen LogP contribution in [0, 0.1) is 0 Å². The second-order valence-electron chi connectivity index (χ2n) is 7.31. The van der Waals surface area contributed by atoms with Gasteiger partial charge in [-0.15, -0.1) is 0 Å². The van der Waals surface area contributed by atoms with E-state index >= 15 is 0 Å². The molecule has 2 amide bonds. The monoisotopic (exact) mass is 577 g/mol. The smallest absolute Gasteiger partial charge is 0.293 e. The summed E-state index contributed by atoms with van der Waals surface area (Å²) in [5, 5.41) is 0.751. The van der Waals surface area contributed by atoms with E-state index in [4.69, 9.17) is 32.7 Å². The first-order chi connectivity index (χ1) is 16.4. The molecule has 1 saturated heterocycles. The molecule has 3 aromatic carbocycles. The van der Waals surface area contributed by atoms with Gasteiger partial charge in [0.1, 0.15) is 6.61 Å². The normalized spacial score (nSPS) is 14.7. The van der Waals surface area contributed by atoms with Gasteiger partial charge in [-0.05, 0) is 69.2 Å². The maximum Gasteiger partial charge on any atom is 0.293 e. The fraction of sp³-hybridized carbons (Fsp3) is 0.120. The van der Waals surface area contributed by atoms with Crippen molar-refractivity contribution in [1.29, 1.82) is 0 Å².